The first kappa shape index (κ1) is 102. The van der Waals surface area contributed by atoms with Crippen molar-refractivity contribution in [1.82, 2.24) is 0 Å². The van der Waals surface area contributed by atoms with Gasteiger partial charge in [-0.15, -0.1) is 0 Å². The van der Waals surface area contributed by atoms with E-state index in [1.165, 1.54) is 30.2 Å². The van der Waals surface area contributed by atoms with Crippen LogP contribution < -0.4 is 0 Å². The van der Waals surface area contributed by atoms with Crippen molar-refractivity contribution in [2.75, 3.05) is 99.1 Å². The molecule has 0 saturated heterocycles. The second-order valence-corrected chi connectivity index (χ2v) is 81.4. The van der Waals surface area contributed by atoms with Gasteiger partial charge in [-0.05, 0) is 230 Å². The maximum Gasteiger partial charge on any atom is 0.314 e. The van der Waals surface area contributed by atoms with Gasteiger partial charge in [-0.1, -0.05) is 61.8 Å². The summed E-state index contributed by atoms with van der Waals surface area (Å²) in [6.45, 7) is 66.8. The topological polar surface area (TPSA) is 263 Å². The molecule has 0 fully saturated rings. The third kappa shape index (κ3) is 51.7. The molecule has 572 valence electrons. The molecule has 0 aliphatic rings. The van der Waals surface area contributed by atoms with E-state index in [4.69, 9.17) is 52.9 Å². The number of aliphatic hydroxyl groups excluding tert-OH is 8. The first-order chi connectivity index (χ1) is 42.8. The van der Waals surface area contributed by atoms with Gasteiger partial charge in [0.2, 0.25) is 0 Å². The van der Waals surface area contributed by atoms with Gasteiger partial charge in [-0.2, -0.15) is 0 Å². The quantitative estimate of drug-likeness (QED) is 0.0208. The summed E-state index contributed by atoms with van der Waals surface area (Å²) in [4.78, 5) is 0. The van der Waals surface area contributed by atoms with Crippen molar-refractivity contribution in [3.05, 3.63) is 0 Å². The predicted octanol–water partition coefficient (Wildman–Crippen LogP) is 14.4. The third-order valence-electron chi connectivity index (χ3n) is 15.9. The zero-order chi connectivity index (χ0) is 74.3. The van der Waals surface area contributed by atoms with Crippen molar-refractivity contribution >= 4 is 92.2 Å². The molecule has 0 radical (unpaired) electrons. The van der Waals surface area contributed by atoms with Gasteiger partial charge >= 0.3 is 25.7 Å². The molecule has 1 atom stereocenters. The summed E-state index contributed by atoms with van der Waals surface area (Å²) < 4.78 is 68.4. The molecule has 0 heterocycles. The van der Waals surface area contributed by atoms with Gasteiger partial charge in [-0.25, -0.2) is 0 Å². The smallest absolute Gasteiger partial charge is 0.314 e. The molecule has 0 aromatic heterocycles. The first-order valence-electron chi connectivity index (χ1n) is 36.0. The van der Waals surface area contributed by atoms with Crippen LogP contribution in [0.3, 0.4) is 0 Å². The maximum atomic E-state index is 9.58. The number of hydrogen-bond donors (Lipinski definition) is 8. The van der Waals surface area contributed by atoms with Crippen molar-refractivity contribution in [1.29, 1.82) is 0 Å². The largest absolute Gasteiger partial charge is 0.455 e. The molecule has 0 aliphatic carbocycles. The highest BCUT2D eigenvalue weighted by Crippen LogP contribution is 2.34. The van der Waals surface area contributed by atoms with Crippen molar-refractivity contribution in [2.45, 2.75) is 298 Å². The van der Waals surface area contributed by atoms with E-state index in [0.717, 1.165) is 62.7 Å². The molecule has 8 N–H and O–H groups in total. The van der Waals surface area contributed by atoms with Gasteiger partial charge in [0.05, 0.1) is 72.7 Å². The first-order valence-corrected chi connectivity index (χ1v) is 69.1. The maximum absolute atomic E-state index is 9.58. The Kier molecular flexibility index (Phi) is 52.7. The van der Waals surface area contributed by atoms with E-state index in [0.29, 0.717) is 52.7 Å². The van der Waals surface area contributed by atoms with E-state index in [9.17, 15) is 35.7 Å². The van der Waals surface area contributed by atoms with Crippen LogP contribution in [0.15, 0.2) is 0 Å². The molecule has 0 rings (SSSR count). The molecule has 1 unspecified atom stereocenters. The van der Waals surface area contributed by atoms with Crippen molar-refractivity contribution in [3.63, 3.8) is 0 Å². The van der Waals surface area contributed by atoms with Crippen LogP contribution >= 0.6 is 0 Å². The van der Waals surface area contributed by atoms with Crippen molar-refractivity contribution < 1.29 is 88.6 Å². The van der Waals surface area contributed by atoms with Crippen molar-refractivity contribution in [3.8, 4) is 0 Å². The summed E-state index contributed by atoms with van der Waals surface area (Å²) in [7, 11) is -19.7. The minimum absolute atomic E-state index is 0.0404. The van der Waals surface area contributed by atoms with Crippen LogP contribution in [0, 0.1) is 16.2 Å². The molecule has 0 bridgehead atoms. The fourth-order valence-corrected chi connectivity index (χ4v) is 59.1. The van der Waals surface area contributed by atoms with E-state index < -0.39 is 115 Å². The van der Waals surface area contributed by atoms with Crippen LogP contribution in [-0.2, 0) is 47.8 Å². The van der Waals surface area contributed by atoms with Gasteiger partial charge in [0.25, 0.3) is 0 Å². The molecular weight excluding hydrogens is 1380 g/mol. The summed E-state index contributed by atoms with van der Waals surface area (Å²) in [5, 5.41) is 74.6. The Morgan fingerprint density at radius 2 is 0.606 bits per heavy atom. The van der Waals surface area contributed by atoms with Crippen LogP contribution in [0.5, 0.6) is 0 Å². The third-order valence-corrected chi connectivity index (χ3v) is 55.9. The number of aliphatic hydroxyl groups is 8. The molecule has 0 aromatic carbocycles. The van der Waals surface area contributed by atoms with Crippen LogP contribution in [-0.4, -0.2) is 238 Å². The van der Waals surface area contributed by atoms with Crippen LogP contribution in [0.4, 0.5) is 0 Å². The zero-order valence-electron chi connectivity index (χ0n) is 66.6. The second kappa shape index (κ2) is 48.6. The van der Waals surface area contributed by atoms with Gasteiger partial charge in [-0.3, -0.25) is 0 Å². The highest BCUT2D eigenvalue weighted by molar-refractivity contribution is 6.90. The summed E-state index contributed by atoms with van der Waals surface area (Å²) in [6, 6.07) is 9.89. The van der Waals surface area contributed by atoms with E-state index in [1.807, 2.05) is 13.8 Å². The molecule has 0 aliphatic heterocycles. The fraction of sp³-hybridized carbons (Fsp3) is 1.00. The normalized spacial score (nSPS) is 14.3. The molecular formula is C64H158O19Si11. The highest BCUT2D eigenvalue weighted by Gasteiger charge is 2.44. The molecule has 94 heavy (non-hydrogen) atoms. The Balaban J connectivity index is -0.000000575. The Bertz CT molecular complexity index is 1760. The lowest BCUT2D eigenvalue weighted by molar-refractivity contribution is -0.0330. The van der Waals surface area contributed by atoms with E-state index in [1.54, 1.807) is 0 Å². The molecule has 19 nitrogen and oxygen atoms in total. The van der Waals surface area contributed by atoms with Crippen LogP contribution in [0.25, 0.3) is 0 Å². The van der Waals surface area contributed by atoms with E-state index in [2.05, 4.69) is 179 Å². The Hall–Kier alpha value is 1.63. The number of ether oxygens (including phenoxy) is 4. The fourth-order valence-electron chi connectivity index (χ4n) is 11.1. The van der Waals surface area contributed by atoms with Crippen LogP contribution in [0.1, 0.15) is 100 Å². The Morgan fingerprint density at radius 3 is 0.851 bits per heavy atom. The minimum Gasteiger partial charge on any atom is -0.455 e. The predicted molar refractivity (Wildman–Crippen MR) is 421 cm³/mol. The number of hydrogen-bond acceptors (Lipinski definition) is 19. The Morgan fingerprint density at radius 1 is 0.330 bits per heavy atom. The van der Waals surface area contributed by atoms with Gasteiger partial charge in [0.15, 0.2) is 66.5 Å². The second-order valence-electron chi connectivity index (χ2n) is 33.3. The van der Waals surface area contributed by atoms with Crippen LogP contribution in [0.2, 0.25) is 192 Å². The molecule has 30 heteroatoms. The molecule has 0 aromatic rings. The Labute approximate surface area is 590 Å². The van der Waals surface area contributed by atoms with E-state index in [-0.39, 0.29) is 52.9 Å². The van der Waals surface area contributed by atoms with Gasteiger partial charge in [0.1, 0.15) is 6.10 Å². The average molecular weight is 1540 g/mol. The average Bonchev–Trinajstić information content (AvgIpc) is 0.865. The summed E-state index contributed by atoms with van der Waals surface area (Å²) in [6.07, 6.45) is 5.27. The summed E-state index contributed by atoms with van der Waals surface area (Å²) in [5.74, 6) is 0. The lowest BCUT2D eigenvalue weighted by atomic mass is 9.86. The number of rotatable bonds is 53. The minimum atomic E-state index is -2.20. The molecule has 0 amide bonds. The monoisotopic (exact) mass is 1540 g/mol. The standard InChI is InChI=1S/C17H42O5Si3.C16H40O5Si3.C16H38O4Si2.C15H38O5Si3/c1-9-11-17(14-18,15-19)16-20-12-10-13-25(8,21-23(2,3)4)22-24(5,6)7;1-9-16(13-17,14-18)15-19-11-10-12-24(8,20-22(2,3)4)21-23(5,6)7;1-6-21(7-2,8-3)20-22(9-4,10-5)13-11-12-19-15-16(18)14-17;1-15(12-16,13-17)14-18-10-9-11-23(8,19-21(2,3)4)20-22(5,6)7/h18-19H,9-16H2,1-8H3;17-18H,9-15H2,1-8H3;16-18H,6-15H2,1-5H3;16-17H,9-14H2,1-8H3. The van der Waals surface area contributed by atoms with Gasteiger partial charge < -0.3 is 88.6 Å². The van der Waals surface area contributed by atoms with Gasteiger partial charge in [0, 0.05) is 42.7 Å². The van der Waals surface area contributed by atoms with E-state index >= 15 is 0 Å². The lowest BCUT2D eigenvalue weighted by Crippen LogP contribution is -2.52. The lowest BCUT2D eigenvalue weighted by Gasteiger charge is -2.41. The highest BCUT2D eigenvalue weighted by atomic mass is 28.5. The summed E-state index contributed by atoms with van der Waals surface area (Å²) in [5.41, 5.74) is -1.60. The molecule has 0 spiro atoms. The zero-order valence-corrected chi connectivity index (χ0v) is 77.6. The molecule has 0 saturated carbocycles. The van der Waals surface area contributed by atoms with Crippen molar-refractivity contribution in [2.24, 2.45) is 16.2 Å². The summed E-state index contributed by atoms with van der Waals surface area (Å²) >= 11 is 0. The SMILES string of the molecule is CC(CO)(CO)COCCC[Si](C)(O[Si](C)(C)C)O[Si](C)(C)C.CCC(CO)(CO)COCCC[Si](C)(O[Si](C)(C)C)O[Si](C)(C)C.CCCC(CO)(CO)COCCC[Si](C)(O[Si](C)(C)C)O[Si](C)(C)C.CC[Si](CC)(CC)O[Si](CC)(CC)CCCOCC(O)CO.